The largest absolute Gasteiger partial charge is 0.872 e. The van der Waals surface area contributed by atoms with Gasteiger partial charge in [-0.1, -0.05) is 23.6 Å². The monoisotopic (exact) mass is 392 g/mol. The summed E-state index contributed by atoms with van der Waals surface area (Å²) in [5, 5.41) is 43.1. The van der Waals surface area contributed by atoms with Crippen LogP contribution in [-0.4, -0.2) is 48.3 Å². The number of hydrogen-bond acceptors (Lipinski definition) is 6. The van der Waals surface area contributed by atoms with Crippen molar-refractivity contribution in [2.75, 3.05) is 37.6 Å². The molecule has 0 saturated carbocycles. The number of quaternary nitrogens is 2. The molecule has 0 radical (unpaired) electrons. The van der Waals surface area contributed by atoms with Crippen molar-refractivity contribution in [3.8, 4) is 11.5 Å². The highest BCUT2D eigenvalue weighted by atomic mass is 16.4. The zero-order chi connectivity index (χ0) is 21.1. The Balaban J connectivity index is 0.000000219. The van der Waals surface area contributed by atoms with Crippen molar-refractivity contribution in [3.63, 3.8) is 0 Å². The summed E-state index contributed by atoms with van der Waals surface area (Å²) in [5.41, 5.74) is 10.5. The molecule has 1 aliphatic heterocycles. The lowest BCUT2D eigenvalue weighted by Crippen LogP contribution is -3.04. The summed E-state index contributed by atoms with van der Waals surface area (Å²) in [6.45, 7) is 5.28. The molecule has 0 spiro atoms. The average molecular weight is 392 g/mol. The Morgan fingerprint density at radius 2 is 1.07 bits per heavy atom. The normalized spacial score (nSPS) is 12.6. The first kappa shape index (κ1) is 22.5. The third kappa shape index (κ3) is 7.81. The van der Waals surface area contributed by atoms with Gasteiger partial charge in [-0.25, -0.2) is 9.59 Å². The Labute approximate surface area is 161 Å². The van der Waals surface area contributed by atoms with Gasteiger partial charge in [-0.05, 0) is 24.3 Å². The first-order valence-electron chi connectivity index (χ1n) is 8.45. The van der Waals surface area contributed by atoms with Gasteiger partial charge in [0.2, 0.25) is 0 Å². The molecule has 10 nitrogen and oxygen atoms in total. The van der Waals surface area contributed by atoms with Crippen LogP contribution in [0, 0.1) is 0 Å². The van der Waals surface area contributed by atoms with Gasteiger partial charge in [-0.3, -0.25) is 0 Å². The average Bonchev–Trinajstić information content (AvgIpc) is 2.67. The van der Waals surface area contributed by atoms with Crippen molar-refractivity contribution in [1.82, 2.24) is 0 Å². The number of aromatic carboxylic acids is 2. The van der Waals surface area contributed by atoms with Crippen LogP contribution in [0.2, 0.25) is 0 Å². The molecule has 2 aromatic rings. The molecule has 28 heavy (non-hydrogen) atoms. The molecular formula is C18H24N4O6. The summed E-state index contributed by atoms with van der Waals surface area (Å²) in [6.07, 6.45) is 0. The number of hydrogen-bond donors (Lipinski definition) is 6. The quantitative estimate of drug-likeness (QED) is 0.294. The van der Waals surface area contributed by atoms with Crippen molar-refractivity contribution >= 4 is 23.3 Å². The van der Waals surface area contributed by atoms with E-state index in [1.807, 2.05) is 0 Å². The molecular weight excluding hydrogens is 368 g/mol. The first-order chi connectivity index (χ1) is 13.2. The summed E-state index contributed by atoms with van der Waals surface area (Å²) < 4.78 is 0. The van der Waals surface area contributed by atoms with E-state index in [4.69, 9.17) is 21.7 Å². The summed E-state index contributed by atoms with van der Waals surface area (Å²) in [6, 6.07) is 7.30. The molecule has 0 amide bonds. The Morgan fingerprint density at radius 1 is 0.750 bits per heavy atom. The Bertz CT molecular complexity index is 736. The molecule has 1 saturated heterocycles. The molecule has 0 aromatic heterocycles. The number of nitrogens with two attached hydrogens (primary N) is 4. The second kappa shape index (κ2) is 11.3. The third-order valence-electron chi connectivity index (χ3n) is 3.62. The van der Waals surface area contributed by atoms with Gasteiger partial charge in [0.05, 0.1) is 11.1 Å². The van der Waals surface area contributed by atoms with Crippen LogP contribution in [0.1, 0.15) is 20.7 Å². The molecule has 1 aliphatic rings. The zero-order valence-corrected chi connectivity index (χ0v) is 15.1. The van der Waals surface area contributed by atoms with Crippen LogP contribution in [-0.2, 0) is 0 Å². The van der Waals surface area contributed by atoms with Crippen molar-refractivity contribution in [2.24, 2.45) is 0 Å². The van der Waals surface area contributed by atoms with E-state index >= 15 is 0 Å². The highest BCUT2D eigenvalue weighted by molar-refractivity contribution is 5.92. The van der Waals surface area contributed by atoms with Crippen LogP contribution >= 0.6 is 0 Å². The van der Waals surface area contributed by atoms with E-state index in [0.29, 0.717) is 0 Å². The van der Waals surface area contributed by atoms with E-state index in [0.717, 1.165) is 24.3 Å². The molecule has 10 N–H and O–H groups in total. The minimum atomic E-state index is -1.25. The predicted molar refractivity (Wildman–Crippen MR) is 97.8 cm³/mol. The van der Waals surface area contributed by atoms with Crippen molar-refractivity contribution in [3.05, 3.63) is 47.5 Å². The summed E-state index contributed by atoms with van der Waals surface area (Å²) in [5.74, 6) is -3.54. The smallest absolute Gasteiger partial charge is 0.335 e. The third-order valence-corrected chi connectivity index (χ3v) is 3.62. The maximum atomic E-state index is 10.8. The summed E-state index contributed by atoms with van der Waals surface area (Å²) in [4.78, 5) is 20.6. The van der Waals surface area contributed by atoms with Gasteiger partial charge in [0, 0.05) is 11.4 Å². The minimum absolute atomic E-state index is 0.280. The number of nitrogen functional groups attached to an aromatic ring is 2. The van der Waals surface area contributed by atoms with Gasteiger partial charge in [0.15, 0.2) is 0 Å². The number of carbonyl (C=O) groups is 2. The van der Waals surface area contributed by atoms with Crippen LogP contribution in [0.5, 0.6) is 11.5 Å². The van der Waals surface area contributed by atoms with Gasteiger partial charge in [-0.2, -0.15) is 0 Å². The molecule has 3 rings (SSSR count). The van der Waals surface area contributed by atoms with E-state index in [1.54, 1.807) is 0 Å². The second-order valence-electron chi connectivity index (χ2n) is 5.85. The highest BCUT2D eigenvalue weighted by Gasteiger charge is 2.03. The SMILES string of the molecule is C1C[NH2+]CC[NH2+]1.Nc1ccc([O-])c(C(=O)O)c1.Nc1ccc([O-])c(C(=O)O)c1. The zero-order valence-electron chi connectivity index (χ0n) is 15.1. The Hall–Kier alpha value is -3.50. The molecule has 0 bridgehead atoms. The molecule has 10 heteroatoms. The van der Waals surface area contributed by atoms with Crippen LogP contribution in [0.4, 0.5) is 11.4 Å². The fraction of sp³-hybridized carbons (Fsp3) is 0.222. The minimum Gasteiger partial charge on any atom is -0.872 e. The number of rotatable bonds is 2. The molecule has 0 atom stereocenters. The summed E-state index contributed by atoms with van der Waals surface area (Å²) >= 11 is 0. The lowest BCUT2D eigenvalue weighted by molar-refractivity contribution is -0.787. The maximum absolute atomic E-state index is 10.8. The van der Waals surface area contributed by atoms with Gasteiger partial charge in [0.25, 0.3) is 0 Å². The predicted octanol–water partition coefficient (Wildman–Crippen LogP) is -2.79. The number of piperazine rings is 1. The van der Waals surface area contributed by atoms with E-state index in [-0.39, 0.29) is 22.5 Å². The number of carboxylic acid groups (broad SMARTS) is 2. The number of carboxylic acids is 2. The van der Waals surface area contributed by atoms with Crippen LogP contribution in [0.15, 0.2) is 36.4 Å². The van der Waals surface area contributed by atoms with Crippen molar-refractivity contribution in [1.29, 1.82) is 0 Å². The highest BCUT2D eigenvalue weighted by Crippen LogP contribution is 2.17. The second-order valence-corrected chi connectivity index (χ2v) is 5.85. The molecule has 1 fully saturated rings. The molecule has 0 aliphatic carbocycles. The first-order valence-corrected chi connectivity index (χ1v) is 8.45. The molecule has 2 aromatic carbocycles. The van der Waals surface area contributed by atoms with Crippen LogP contribution in [0.3, 0.4) is 0 Å². The fourth-order valence-electron chi connectivity index (χ4n) is 2.19. The fourth-order valence-corrected chi connectivity index (χ4v) is 2.19. The van der Waals surface area contributed by atoms with E-state index in [1.165, 1.54) is 38.3 Å². The van der Waals surface area contributed by atoms with E-state index < -0.39 is 23.4 Å². The van der Waals surface area contributed by atoms with Gasteiger partial charge >= 0.3 is 11.9 Å². The van der Waals surface area contributed by atoms with Crippen LogP contribution in [0.25, 0.3) is 0 Å². The molecule has 1 heterocycles. The maximum Gasteiger partial charge on any atom is 0.335 e. The lowest BCUT2D eigenvalue weighted by Gasteiger charge is -2.09. The van der Waals surface area contributed by atoms with Gasteiger partial charge < -0.3 is 42.5 Å². The number of anilines is 2. The van der Waals surface area contributed by atoms with Crippen molar-refractivity contribution in [2.45, 2.75) is 0 Å². The lowest BCUT2D eigenvalue weighted by atomic mass is 10.2. The van der Waals surface area contributed by atoms with E-state index in [2.05, 4.69) is 10.6 Å². The molecule has 152 valence electrons. The molecule has 0 unspecified atom stereocenters. The summed E-state index contributed by atoms with van der Waals surface area (Å²) in [7, 11) is 0. The standard InChI is InChI=1S/2C7H7NO3.C4H10N2/c2*8-4-1-2-6(9)5(3-4)7(10)11;1-2-6-4-3-5-1/h2*1-3,9H,8H2,(H,10,11);5-6H,1-4H2. The van der Waals surface area contributed by atoms with Crippen molar-refractivity contribution < 1.29 is 40.6 Å². The number of benzene rings is 2. The Kier molecular flexibility index (Phi) is 9.07. The van der Waals surface area contributed by atoms with Crippen LogP contribution < -0.4 is 32.3 Å². The van der Waals surface area contributed by atoms with Gasteiger partial charge in [0.1, 0.15) is 26.2 Å². The van der Waals surface area contributed by atoms with Gasteiger partial charge in [-0.15, -0.1) is 0 Å². The topological polar surface area (TPSA) is 206 Å². The van der Waals surface area contributed by atoms with E-state index in [9.17, 15) is 19.8 Å². The Morgan fingerprint density at radius 3 is 1.29 bits per heavy atom.